The summed E-state index contributed by atoms with van der Waals surface area (Å²) >= 11 is 0. The van der Waals surface area contributed by atoms with Gasteiger partial charge < -0.3 is 10.2 Å². The van der Waals surface area contributed by atoms with E-state index in [9.17, 15) is 9.59 Å². The van der Waals surface area contributed by atoms with E-state index >= 15 is 0 Å². The smallest absolute Gasteiger partial charge is 0.237 e. The Kier molecular flexibility index (Phi) is 5.28. The Morgan fingerprint density at radius 1 is 1.00 bits per heavy atom. The van der Waals surface area contributed by atoms with E-state index in [2.05, 4.69) is 12.2 Å². The fraction of sp³-hybridized carbons (Fsp3) is 0.882. The number of amides is 2. The number of hydrogen-bond donors (Lipinski definition) is 1. The van der Waals surface area contributed by atoms with Crippen LogP contribution >= 0.6 is 0 Å². The Bertz CT molecular complexity index is 378. The second-order valence-corrected chi connectivity index (χ2v) is 7.41. The molecule has 4 nitrogen and oxygen atoms in total. The molecular formula is C17H30N2O2. The van der Waals surface area contributed by atoms with Crippen LogP contribution in [0.2, 0.25) is 0 Å². The van der Waals surface area contributed by atoms with Gasteiger partial charge in [0, 0.05) is 19.1 Å². The zero-order valence-corrected chi connectivity index (χ0v) is 13.8. The minimum atomic E-state index is -0.946. The molecule has 1 heterocycles. The molecule has 0 bridgehead atoms. The van der Waals surface area contributed by atoms with Crippen LogP contribution in [0.1, 0.15) is 65.7 Å². The molecular weight excluding hydrogens is 264 g/mol. The summed E-state index contributed by atoms with van der Waals surface area (Å²) in [6.45, 7) is 7.35. The van der Waals surface area contributed by atoms with Gasteiger partial charge in [0.2, 0.25) is 11.8 Å². The number of likely N-dealkylation sites (tertiary alicyclic amines) is 1. The predicted molar refractivity (Wildman–Crippen MR) is 83.8 cm³/mol. The Labute approximate surface area is 128 Å². The predicted octanol–water partition coefficient (Wildman–Crippen LogP) is 2.72. The van der Waals surface area contributed by atoms with Crippen LogP contribution in [-0.4, -0.2) is 35.8 Å². The number of nitrogens with zero attached hydrogens (tertiary/aromatic N) is 1. The van der Waals surface area contributed by atoms with Gasteiger partial charge in [-0.1, -0.05) is 26.2 Å². The van der Waals surface area contributed by atoms with Gasteiger partial charge in [0.15, 0.2) is 0 Å². The first-order chi connectivity index (χ1) is 9.91. The molecule has 1 N–H and O–H groups in total. The molecule has 0 aromatic heterocycles. The first kappa shape index (κ1) is 16.3. The zero-order chi connectivity index (χ0) is 15.5. The van der Waals surface area contributed by atoms with E-state index in [-0.39, 0.29) is 17.9 Å². The normalized spacial score (nSPS) is 22.1. The van der Waals surface area contributed by atoms with Gasteiger partial charge in [0.1, 0.15) is 5.41 Å². The van der Waals surface area contributed by atoms with E-state index in [0.29, 0.717) is 5.92 Å². The van der Waals surface area contributed by atoms with Gasteiger partial charge >= 0.3 is 0 Å². The summed E-state index contributed by atoms with van der Waals surface area (Å²) in [6, 6.07) is 0.264. The number of hydrogen-bond acceptors (Lipinski definition) is 2. The third kappa shape index (κ3) is 3.98. The summed E-state index contributed by atoms with van der Waals surface area (Å²) in [5, 5.41) is 3.10. The van der Waals surface area contributed by atoms with Crippen molar-refractivity contribution in [1.82, 2.24) is 10.2 Å². The summed E-state index contributed by atoms with van der Waals surface area (Å²) in [5.74, 6) is 0.578. The van der Waals surface area contributed by atoms with Crippen LogP contribution in [0.25, 0.3) is 0 Å². The standard InChI is InChI=1S/C17H30N2O2/c1-13-9-11-19(12-10-13)16(21)17(2,3)15(20)18-14-7-5-4-6-8-14/h13-14H,4-12H2,1-3H3,(H,18,20). The molecule has 2 fully saturated rings. The number of carbonyl (C=O) groups excluding carboxylic acids is 2. The van der Waals surface area contributed by atoms with Gasteiger partial charge in [-0.2, -0.15) is 0 Å². The summed E-state index contributed by atoms with van der Waals surface area (Å²) < 4.78 is 0. The van der Waals surface area contributed by atoms with Gasteiger partial charge in [0.05, 0.1) is 0 Å². The van der Waals surface area contributed by atoms with Gasteiger partial charge in [-0.15, -0.1) is 0 Å². The molecule has 1 saturated heterocycles. The van der Waals surface area contributed by atoms with Crippen molar-refractivity contribution in [2.75, 3.05) is 13.1 Å². The Morgan fingerprint density at radius 2 is 1.57 bits per heavy atom. The molecule has 1 aliphatic carbocycles. The van der Waals surface area contributed by atoms with Crippen LogP contribution in [0.4, 0.5) is 0 Å². The zero-order valence-electron chi connectivity index (χ0n) is 13.8. The Hall–Kier alpha value is -1.06. The number of carbonyl (C=O) groups is 2. The molecule has 1 aliphatic heterocycles. The maximum atomic E-state index is 12.7. The maximum absolute atomic E-state index is 12.7. The summed E-state index contributed by atoms with van der Waals surface area (Å²) in [7, 11) is 0. The molecule has 21 heavy (non-hydrogen) atoms. The highest BCUT2D eigenvalue weighted by Crippen LogP contribution is 2.25. The van der Waals surface area contributed by atoms with E-state index in [4.69, 9.17) is 0 Å². The molecule has 1 saturated carbocycles. The fourth-order valence-electron chi connectivity index (χ4n) is 3.32. The van der Waals surface area contributed by atoms with Crippen LogP contribution in [0.3, 0.4) is 0 Å². The molecule has 120 valence electrons. The van der Waals surface area contributed by atoms with Crippen molar-refractivity contribution in [3.05, 3.63) is 0 Å². The van der Waals surface area contributed by atoms with Crippen LogP contribution in [-0.2, 0) is 9.59 Å². The average molecular weight is 294 g/mol. The topological polar surface area (TPSA) is 49.4 Å². The molecule has 4 heteroatoms. The van der Waals surface area contributed by atoms with Crippen LogP contribution in [0, 0.1) is 11.3 Å². The molecule has 0 spiro atoms. The molecule has 0 aromatic carbocycles. The minimum Gasteiger partial charge on any atom is -0.352 e. The first-order valence-corrected chi connectivity index (χ1v) is 8.51. The summed E-state index contributed by atoms with van der Waals surface area (Å²) in [4.78, 5) is 27.1. The van der Waals surface area contributed by atoms with E-state index < -0.39 is 5.41 Å². The van der Waals surface area contributed by atoms with Crippen molar-refractivity contribution in [1.29, 1.82) is 0 Å². The molecule has 0 unspecified atom stereocenters. The number of piperidine rings is 1. The molecule has 0 radical (unpaired) electrons. The SMILES string of the molecule is CC1CCN(C(=O)C(C)(C)C(=O)NC2CCCCC2)CC1. The Balaban J connectivity index is 1.92. The van der Waals surface area contributed by atoms with Gasteiger partial charge in [-0.05, 0) is 45.4 Å². The highest BCUT2D eigenvalue weighted by Gasteiger charge is 2.40. The molecule has 0 atom stereocenters. The van der Waals surface area contributed by atoms with E-state index in [1.165, 1.54) is 19.3 Å². The van der Waals surface area contributed by atoms with Crippen LogP contribution < -0.4 is 5.32 Å². The van der Waals surface area contributed by atoms with E-state index in [1.807, 2.05) is 4.90 Å². The lowest BCUT2D eigenvalue weighted by atomic mass is 9.87. The monoisotopic (exact) mass is 294 g/mol. The van der Waals surface area contributed by atoms with Gasteiger partial charge in [-0.25, -0.2) is 0 Å². The number of nitrogens with one attached hydrogen (secondary N) is 1. The van der Waals surface area contributed by atoms with Crippen LogP contribution in [0.5, 0.6) is 0 Å². The van der Waals surface area contributed by atoms with Gasteiger partial charge in [0.25, 0.3) is 0 Å². The van der Waals surface area contributed by atoms with Gasteiger partial charge in [-0.3, -0.25) is 9.59 Å². The summed E-state index contributed by atoms with van der Waals surface area (Å²) in [6.07, 6.45) is 7.83. The van der Waals surface area contributed by atoms with E-state index in [0.717, 1.165) is 38.8 Å². The molecule has 2 rings (SSSR count). The van der Waals surface area contributed by atoms with Crippen molar-refractivity contribution in [3.63, 3.8) is 0 Å². The number of rotatable bonds is 3. The van der Waals surface area contributed by atoms with Crippen molar-refractivity contribution < 1.29 is 9.59 Å². The van der Waals surface area contributed by atoms with Crippen molar-refractivity contribution >= 4 is 11.8 Å². The van der Waals surface area contributed by atoms with Crippen molar-refractivity contribution in [3.8, 4) is 0 Å². The van der Waals surface area contributed by atoms with Crippen molar-refractivity contribution in [2.45, 2.75) is 71.8 Å². The van der Waals surface area contributed by atoms with Crippen LogP contribution in [0.15, 0.2) is 0 Å². The lowest BCUT2D eigenvalue weighted by molar-refractivity contribution is -0.149. The first-order valence-electron chi connectivity index (χ1n) is 8.51. The lowest BCUT2D eigenvalue weighted by Gasteiger charge is -2.36. The largest absolute Gasteiger partial charge is 0.352 e. The molecule has 2 aliphatic rings. The fourth-order valence-corrected chi connectivity index (χ4v) is 3.32. The highest BCUT2D eigenvalue weighted by atomic mass is 16.2. The minimum absolute atomic E-state index is 0.0114. The molecule has 2 amide bonds. The summed E-state index contributed by atoms with van der Waals surface area (Å²) in [5.41, 5.74) is -0.946. The highest BCUT2D eigenvalue weighted by molar-refractivity contribution is 6.04. The van der Waals surface area contributed by atoms with E-state index in [1.54, 1.807) is 13.8 Å². The third-order valence-electron chi connectivity index (χ3n) is 5.11. The Morgan fingerprint density at radius 3 is 2.14 bits per heavy atom. The average Bonchev–Trinajstić information content (AvgIpc) is 2.48. The second-order valence-electron chi connectivity index (χ2n) is 7.41. The third-order valence-corrected chi connectivity index (χ3v) is 5.11. The maximum Gasteiger partial charge on any atom is 0.237 e. The molecule has 0 aromatic rings. The van der Waals surface area contributed by atoms with Crippen molar-refractivity contribution in [2.24, 2.45) is 11.3 Å². The quantitative estimate of drug-likeness (QED) is 0.814. The lowest BCUT2D eigenvalue weighted by Crippen LogP contribution is -2.53. The second kappa shape index (κ2) is 6.80.